The summed E-state index contributed by atoms with van der Waals surface area (Å²) in [5.74, 6) is -2.39. The summed E-state index contributed by atoms with van der Waals surface area (Å²) in [6.45, 7) is 14.1. The van der Waals surface area contributed by atoms with E-state index in [0.29, 0.717) is 6.42 Å². The molecule has 0 radical (unpaired) electrons. The minimum atomic E-state index is -1.88. The molecule has 204 valence electrons. The van der Waals surface area contributed by atoms with Gasteiger partial charge in [0, 0.05) is 6.42 Å². The van der Waals surface area contributed by atoms with Crippen molar-refractivity contribution >= 4 is 37.1 Å². The molecular formula is C28H40O8Si. The van der Waals surface area contributed by atoms with Gasteiger partial charge in [-0.2, -0.15) is 0 Å². The zero-order chi connectivity index (χ0) is 27.6. The van der Waals surface area contributed by atoms with Crippen molar-refractivity contribution in [1.82, 2.24) is 0 Å². The van der Waals surface area contributed by atoms with E-state index in [1.807, 2.05) is 0 Å². The number of esters is 4. The lowest BCUT2D eigenvalue weighted by Crippen LogP contribution is -2.49. The highest BCUT2D eigenvalue weighted by atomic mass is 28.3. The Labute approximate surface area is 220 Å². The lowest BCUT2D eigenvalue weighted by molar-refractivity contribution is -0.174. The molecule has 0 atom stereocenters. The first-order chi connectivity index (χ1) is 17.4. The van der Waals surface area contributed by atoms with Gasteiger partial charge in [-0.25, -0.2) is 0 Å². The van der Waals surface area contributed by atoms with Gasteiger partial charge in [0.2, 0.25) is 0 Å². The summed E-state index contributed by atoms with van der Waals surface area (Å²) in [5.41, 5.74) is 0.720. The van der Waals surface area contributed by atoms with Gasteiger partial charge < -0.3 is 18.9 Å². The highest BCUT2D eigenvalue weighted by Gasteiger charge is 2.57. The largest absolute Gasteiger partial charge is 0.465 e. The molecular weight excluding hydrogens is 492 g/mol. The first-order valence-corrected chi connectivity index (χ1v) is 16.8. The number of hydrogen-bond acceptors (Lipinski definition) is 8. The van der Waals surface area contributed by atoms with Gasteiger partial charge in [-0.3, -0.25) is 19.2 Å². The van der Waals surface area contributed by atoms with E-state index in [2.05, 4.69) is 25.7 Å². The van der Waals surface area contributed by atoms with Crippen molar-refractivity contribution in [2.75, 3.05) is 26.4 Å². The van der Waals surface area contributed by atoms with E-state index in [9.17, 15) is 19.2 Å². The number of carbonyl (C=O) groups excluding carboxylic acids is 4. The smallest absolute Gasteiger partial charge is 0.324 e. The van der Waals surface area contributed by atoms with Crippen LogP contribution in [0.25, 0.3) is 0 Å². The van der Waals surface area contributed by atoms with Crippen LogP contribution >= 0.6 is 0 Å². The highest BCUT2D eigenvalue weighted by Crippen LogP contribution is 2.46. The normalized spacial score (nSPS) is 17.3. The molecule has 0 amide bonds. The molecule has 3 rings (SSSR count). The molecule has 0 aliphatic heterocycles. The standard InChI is InChI=1S/C28H40O8Si/c1-8-33-23(29)27(24(30)34-9-2)13-12-19-21(17-27)20-16-28(25(31)35-10-3,26(32)36-11-4)15-18(20)14-22(19)37(5,6)7/h14H,8-13,15-17H2,1-7H3. The number of fused-ring (bicyclic) bond motifs is 3. The molecule has 37 heavy (non-hydrogen) atoms. The molecule has 2 aliphatic rings. The Morgan fingerprint density at radius 3 is 1.54 bits per heavy atom. The molecule has 0 fully saturated rings. The van der Waals surface area contributed by atoms with E-state index in [1.54, 1.807) is 27.7 Å². The lowest BCUT2D eigenvalue weighted by atomic mass is 9.69. The number of benzene rings is 1. The molecule has 9 heteroatoms. The van der Waals surface area contributed by atoms with Gasteiger partial charge in [0.25, 0.3) is 0 Å². The summed E-state index contributed by atoms with van der Waals surface area (Å²) < 4.78 is 21.5. The number of hydrogen-bond donors (Lipinski definition) is 0. The fraction of sp³-hybridized carbons (Fsp3) is 0.643. The van der Waals surface area contributed by atoms with Gasteiger partial charge in [-0.15, -0.1) is 0 Å². The first-order valence-electron chi connectivity index (χ1n) is 13.3. The van der Waals surface area contributed by atoms with Gasteiger partial charge in [0.05, 0.1) is 34.5 Å². The van der Waals surface area contributed by atoms with Crippen molar-refractivity contribution < 1.29 is 38.1 Å². The molecule has 1 aromatic carbocycles. The Hall–Kier alpha value is -2.68. The van der Waals surface area contributed by atoms with Crippen molar-refractivity contribution in [3.63, 3.8) is 0 Å². The second kappa shape index (κ2) is 11.0. The number of rotatable bonds is 9. The Bertz CT molecular complexity index is 1050. The van der Waals surface area contributed by atoms with Crippen LogP contribution in [-0.4, -0.2) is 58.4 Å². The van der Waals surface area contributed by atoms with E-state index in [4.69, 9.17) is 18.9 Å². The average molecular weight is 533 g/mol. The van der Waals surface area contributed by atoms with Crippen LogP contribution in [0.4, 0.5) is 0 Å². The second-order valence-corrected chi connectivity index (χ2v) is 15.9. The molecule has 0 saturated carbocycles. The Morgan fingerprint density at radius 2 is 1.11 bits per heavy atom. The van der Waals surface area contributed by atoms with Crippen molar-refractivity contribution in [3.05, 3.63) is 28.3 Å². The molecule has 8 nitrogen and oxygen atoms in total. The summed E-state index contributed by atoms with van der Waals surface area (Å²) in [5, 5.41) is 1.21. The fourth-order valence-electron chi connectivity index (χ4n) is 5.73. The monoisotopic (exact) mass is 532 g/mol. The third-order valence-corrected chi connectivity index (χ3v) is 9.55. The summed E-state index contributed by atoms with van der Waals surface area (Å²) in [7, 11) is -1.88. The molecule has 0 spiro atoms. The quantitative estimate of drug-likeness (QED) is 0.207. The van der Waals surface area contributed by atoms with Crippen molar-refractivity contribution in [1.29, 1.82) is 0 Å². The fourth-order valence-corrected chi connectivity index (χ4v) is 7.52. The lowest BCUT2D eigenvalue weighted by Gasteiger charge is -2.37. The SMILES string of the molecule is CCOC(=O)C1(C(=O)OCC)Cc2cc([Si](C)(C)C)c3c(c2C1)CC(C(=O)OCC)(C(=O)OCC)CC3. The number of carbonyl (C=O) groups is 4. The maximum Gasteiger partial charge on any atom is 0.324 e. The van der Waals surface area contributed by atoms with Crippen molar-refractivity contribution in [2.45, 2.75) is 79.4 Å². The van der Waals surface area contributed by atoms with Gasteiger partial charge in [-0.05, 0) is 75.6 Å². The van der Waals surface area contributed by atoms with Crippen molar-refractivity contribution in [3.8, 4) is 0 Å². The second-order valence-electron chi connectivity index (χ2n) is 10.8. The van der Waals surface area contributed by atoms with Crippen LogP contribution in [0.15, 0.2) is 6.07 Å². The topological polar surface area (TPSA) is 105 Å². The predicted octanol–water partition coefficient (Wildman–Crippen LogP) is 3.04. The Balaban J connectivity index is 2.24. The molecule has 0 saturated heterocycles. The molecule has 0 unspecified atom stereocenters. The predicted molar refractivity (Wildman–Crippen MR) is 140 cm³/mol. The van der Waals surface area contributed by atoms with E-state index in [-0.39, 0.29) is 52.1 Å². The van der Waals surface area contributed by atoms with Crippen LogP contribution in [0.1, 0.15) is 56.4 Å². The van der Waals surface area contributed by atoms with E-state index in [1.165, 1.54) is 5.19 Å². The maximum absolute atomic E-state index is 13.3. The zero-order valence-electron chi connectivity index (χ0n) is 23.2. The van der Waals surface area contributed by atoms with Crippen LogP contribution in [0, 0.1) is 10.8 Å². The minimum absolute atomic E-state index is 0.107. The average Bonchev–Trinajstić information content (AvgIpc) is 3.24. The van der Waals surface area contributed by atoms with Crippen molar-refractivity contribution in [2.24, 2.45) is 10.8 Å². The van der Waals surface area contributed by atoms with Crippen LogP contribution in [0.5, 0.6) is 0 Å². The summed E-state index contributed by atoms with van der Waals surface area (Å²) in [6, 6.07) is 2.14. The van der Waals surface area contributed by atoms with Gasteiger partial charge in [-0.1, -0.05) is 30.9 Å². The van der Waals surface area contributed by atoms with E-state index >= 15 is 0 Å². The molecule has 0 N–H and O–H groups in total. The van der Waals surface area contributed by atoms with Gasteiger partial charge in [0.1, 0.15) is 0 Å². The first kappa shape index (κ1) is 28.9. The zero-order valence-corrected chi connectivity index (χ0v) is 24.2. The summed E-state index contributed by atoms with van der Waals surface area (Å²) in [6.07, 6.45) is 1.18. The molecule has 0 heterocycles. The third kappa shape index (κ3) is 5.07. The highest BCUT2D eigenvalue weighted by molar-refractivity contribution is 6.89. The summed E-state index contributed by atoms with van der Waals surface area (Å²) >= 11 is 0. The molecule has 0 bridgehead atoms. The van der Waals surface area contributed by atoms with Gasteiger partial charge in [0.15, 0.2) is 10.8 Å². The van der Waals surface area contributed by atoms with E-state index < -0.39 is 42.8 Å². The number of ether oxygens (including phenoxy) is 4. The third-order valence-electron chi connectivity index (χ3n) is 7.48. The molecule has 1 aromatic rings. The Morgan fingerprint density at radius 1 is 0.676 bits per heavy atom. The van der Waals surface area contributed by atoms with Crippen LogP contribution < -0.4 is 5.19 Å². The van der Waals surface area contributed by atoms with Gasteiger partial charge >= 0.3 is 23.9 Å². The molecule has 0 aromatic heterocycles. The van der Waals surface area contributed by atoms with E-state index in [0.717, 1.165) is 22.3 Å². The maximum atomic E-state index is 13.3. The van der Waals surface area contributed by atoms with Crippen LogP contribution in [0.3, 0.4) is 0 Å². The van der Waals surface area contributed by atoms with Crippen LogP contribution in [-0.2, 0) is 63.8 Å². The minimum Gasteiger partial charge on any atom is -0.465 e. The Kier molecular flexibility index (Phi) is 8.56. The van der Waals surface area contributed by atoms with Crippen LogP contribution in [0.2, 0.25) is 19.6 Å². The summed E-state index contributed by atoms with van der Waals surface area (Å²) in [4.78, 5) is 53.1. The molecule has 2 aliphatic carbocycles.